The van der Waals surface area contributed by atoms with Crippen LogP contribution < -0.4 is 16.4 Å². The number of rotatable bonds is 5. The van der Waals surface area contributed by atoms with Gasteiger partial charge in [0.05, 0.1) is 0 Å². The van der Waals surface area contributed by atoms with E-state index in [-0.39, 0.29) is 6.71 Å². The predicted octanol–water partition coefficient (Wildman–Crippen LogP) is 8.77. The van der Waals surface area contributed by atoms with Crippen LogP contribution in [0.25, 0.3) is 38.2 Å². The van der Waals surface area contributed by atoms with E-state index < -0.39 is 0 Å². The topological polar surface area (TPSA) is 0 Å². The summed E-state index contributed by atoms with van der Waals surface area (Å²) in [7, 11) is 0. The lowest BCUT2D eigenvalue weighted by Crippen LogP contribution is -2.54. The fourth-order valence-corrected chi connectivity index (χ4v) is 6.89. The summed E-state index contributed by atoms with van der Waals surface area (Å²) in [6, 6.07) is 45.2. The lowest BCUT2D eigenvalue weighted by Gasteiger charge is -2.24. The van der Waals surface area contributed by atoms with E-state index in [1.54, 1.807) is 0 Å². The van der Waals surface area contributed by atoms with Crippen LogP contribution in [-0.4, -0.2) is 6.71 Å². The highest BCUT2D eigenvalue weighted by atomic mass is 14.2. The molecule has 0 amide bonds. The van der Waals surface area contributed by atoms with Gasteiger partial charge < -0.3 is 0 Å². The van der Waals surface area contributed by atoms with Gasteiger partial charge in [0.2, 0.25) is 6.71 Å². The van der Waals surface area contributed by atoms with E-state index in [1.807, 2.05) is 0 Å². The Morgan fingerprint density at radius 2 is 1.17 bits per heavy atom. The van der Waals surface area contributed by atoms with Crippen molar-refractivity contribution >= 4 is 50.2 Å². The lowest BCUT2D eigenvalue weighted by atomic mass is 9.34. The Labute approximate surface area is 250 Å². The van der Waals surface area contributed by atoms with Gasteiger partial charge >= 0.3 is 0 Å². The summed E-state index contributed by atoms with van der Waals surface area (Å²) in [5, 5.41) is 5.23. The largest absolute Gasteiger partial charge is 0.243 e. The molecule has 0 radical (unpaired) electrons. The van der Waals surface area contributed by atoms with Crippen molar-refractivity contribution < 1.29 is 0 Å². The number of hydrogen-bond acceptors (Lipinski definition) is 0. The number of allylic oxidation sites excluding steroid dienone is 4. The first-order valence-electron chi connectivity index (χ1n) is 15.1. The van der Waals surface area contributed by atoms with Gasteiger partial charge in [-0.25, -0.2) is 0 Å². The Morgan fingerprint density at radius 3 is 1.79 bits per heavy atom. The third kappa shape index (κ3) is 4.80. The van der Waals surface area contributed by atoms with Gasteiger partial charge in [-0.2, -0.15) is 0 Å². The van der Waals surface area contributed by atoms with Gasteiger partial charge in [-0.15, -0.1) is 0 Å². The molecule has 1 aliphatic rings. The van der Waals surface area contributed by atoms with Crippen LogP contribution in [0.2, 0.25) is 0 Å². The van der Waals surface area contributed by atoms with Crippen LogP contribution in [0.1, 0.15) is 30.0 Å². The summed E-state index contributed by atoms with van der Waals surface area (Å²) >= 11 is 0. The highest BCUT2D eigenvalue weighted by Crippen LogP contribution is 2.29. The number of hydrogen-bond donors (Lipinski definition) is 0. The molecule has 1 unspecified atom stereocenters. The molecule has 7 rings (SSSR count). The molecule has 0 N–H and O–H groups in total. The molecule has 0 aromatic heterocycles. The molecule has 42 heavy (non-hydrogen) atoms. The summed E-state index contributed by atoms with van der Waals surface area (Å²) in [5.41, 5.74) is 12.0. The Morgan fingerprint density at radius 1 is 0.571 bits per heavy atom. The first-order chi connectivity index (χ1) is 20.6. The van der Waals surface area contributed by atoms with Crippen molar-refractivity contribution in [3.05, 3.63) is 156 Å². The number of fused-ring (bicyclic) bond motifs is 2. The molecule has 1 heteroatoms. The molecule has 6 aromatic rings. The maximum absolute atomic E-state index is 2.42. The first kappa shape index (κ1) is 26.3. The van der Waals surface area contributed by atoms with Crippen LogP contribution in [0, 0.1) is 19.8 Å². The molecular formula is C41H35B. The first-order valence-corrected chi connectivity index (χ1v) is 15.1. The smallest absolute Gasteiger partial charge is 0.0814 e. The minimum atomic E-state index is 0.0992. The third-order valence-electron chi connectivity index (χ3n) is 9.04. The Balaban J connectivity index is 1.41. The zero-order chi connectivity index (χ0) is 28.6. The van der Waals surface area contributed by atoms with Crippen molar-refractivity contribution in [1.82, 2.24) is 0 Å². The van der Waals surface area contributed by atoms with Crippen LogP contribution in [0.5, 0.6) is 0 Å². The van der Waals surface area contributed by atoms with E-state index in [1.165, 1.54) is 71.3 Å². The van der Waals surface area contributed by atoms with Crippen LogP contribution in [0.3, 0.4) is 0 Å². The van der Waals surface area contributed by atoms with Gasteiger partial charge in [0.25, 0.3) is 0 Å². The molecule has 0 aliphatic heterocycles. The van der Waals surface area contributed by atoms with Gasteiger partial charge in [0.1, 0.15) is 0 Å². The number of benzene rings is 6. The lowest BCUT2D eigenvalue weighted by molar-refractivity contribution is 0.749. The second kappa shape index (κ2) is 11.0. The standard InChI is InChI=1S/C41H35B/c1-28-10-8-13-35(26-28)31-22-24-32(25-23-31)36-14-9-15-37(27-36)42(40-29(2)18-20-33-11-4-6-16-38(33)40)41-30(3)19-21-34-12-5-7-17-39(34)41/h4-25,27-28H,26H2,1-3H3. The fourth-order valence-electron chi connectivity index (χ4n) is 6.89. The Bertz CT molecular complexity index is 1910. The maximum Gasteiger partial charge on any atom is 0.243 e. The normalized spacial score (nSPS) is 14.7. The summed E-state index contributed by atoms with van der Waals surface area (Å²) in [6.45, 7) is 6.93. The van der Waals surface area contributed by atoms with Crippen LogP contribution in [0.15, 0.2) is 140 Å². The average molecular weight is 539 g/mol. The summed E-state index contributed by atoms with van der Waals surface area (Å²) in [4.78, 5) is 0. The van der Waals surface area contributed by atoms with Gasteiger partial charge in [-0.1, -0.05) is 174 Å². The highest BCUT2D eigenvalue weighted by Gasteiger charge is 2.28. The van der Waals surface area contributed by atoms with Gasteiger partial charge in [0.15, 0.2) is 0 Å². The second-order valence-corrected chi connectivity index (χ2v) is 11.9. The van der Waals surface area contributed by atoms with Gasteiger partial charge in [0, 0.05) is 0 Å². The van der Waals surface area contributed by atoms with Crippen molar-refractivity contribution in [2.24, 2.45) is 5.92 Å². The molecule has 1 aliphatic carbocycles. The van der Waals surface area contributed by atoms with Crippen molar-refractivity contribution in [1.29, 1.82) is 0 Å². The zero-order valence-corrected chi connectivity index (χ0v) is 24.6. The molecule has 1 atom stereocenters. The molecule has 0 bridgehead atoms. The van der Waals surface area contributed by atoms with Gasteiger partial charge in [-0.05, 0) is 70.0 Å². The van der Waals surface area contributed by atoms with Crippen LogP contribution in [-0.2, 0) is 0 Å². The van der Waals surface area contributed by atoms with E-state index in [2.05, 4.69) is 160 Å². The monoisotopic (exact) mass is 538 g/mol. The molecular weight excluding hydrogens is 503 g/mol. The third-order valence-corrected chi connectivity index (χ3v) is 9.04. The van der Waals surface area contributed by atoms with Crippen LogP contribution >= 0.6 is 0 Å². The van der Waals surface area contributed by atoms with E-state index in [9.17, 15) is 0 Å². The second-order valence-electron chi connectivity index (χ2n) is 11.9. The molecule has 0 heterocycles. The molecule has 0 saturated carbocycles. The quantitative estimate of drug-likeness (QED) is 0.193. The molecule has 0 fully saturated rings. The zero-order valence-electron chi connectivity index (χ0n) is 24.6. The highest BCUT2D eigenvalue weighted by molar-refractivity contribution is 6.98. The van der Waals surface area contributed by atoms with E-state index in [0.29, 0.717) is 5.92 Å². The van der Waals surface area contributed by atoms with Crippen molar-refractivity contribution in [3.63, 3.8) is 0 Å². The average Bonchev–Trinajstić information content (AvgIpc) is 3.03. The molecule has 0 spiro atoms. The van der Waals surface area contributed by atoms with Crippen molar-refractivity contribution in [2.75, 3.05) is 0 Å². The number of aryl methyl sites for hydroxylation is 2. The van der Waals surface area contributed by atoms with E-state index in [4.69, 9.17) is 0 Å². The summed E-state index contributed by atoms with van der Waals surface area (Å²) < 4.78 is 0. The minimum Gasteiger partial charge on any atom is -0.0814 e. The summed E-state index contributed by atoms with van der Waals surface area (Å²) in [6.07, 6.45) is 7.85. The minimum absolute atomic E-state index is 0.0992. The van der Waals surface area contributed by atoms with Gasteiger partial charge in [-0.3, -0.25) is 0 Å². The molecule has 0 saturated heterocycles. The van der Waals surface area contributed by atoms with Crippen molar-refractivity contribution in [2.45, 2.75) is 27.2 Å². The maximum atomic E-state index is 2.42. The summed E-state index contributed by atoms with van der Waals surface area (Å²) in [5.74, 6) is 0.591. The SMILES string of the molecule is Cc1ccc2ccccc2c1B(c1cccc(-c2ccc(C3=CC=CC(C)C3)cc2)c1)c1c(C)ccc2ccccc12. The Hall–Kier alpha value is -4.62. The van der Waals surface area contributed by atoms with E-state index in [0.717, 1.165) is 6.42 Å². The molecule has 0 nitrogen and oxygen atoms in total. The Kier molecular flexibility index (Phi) is 6.88. The fraction of sp³-hybridized carbons (Fsp3) is 0.122. The van der Waals surface area contributed by atoms with Crippen LogP contribution in [0.4, 0.5) is 0 Å². The molecule has 202 valence electrons. The molecule has 6 aromatic carbocycles. The van der Waals surface area contributed by atoms with Crippen molar-refractivity contribution in [3.8, 4) is 11.1 Å². The van der Waals surface area contributed by atoms with E-state index >= 15 is 0 Å². The predicted molar refractivity (Wildman–Crippen MR) is 185 cm³/mol.